The first-order chi connectivity index (χ1) is 12.3. The third-order valence-corrected chi connectivity index (χ3v) is 5.62. The number of halogens is 2. The van der Waals surface area contributed by atoms with E-state index in [1.807, 2.05) is 6.92 Å². The van der Waals surface area contributed by atoms with Crippen molar-refractivity contribution in [3.8, 4) is 5.69 Å². The van der Waals surface area contributed by atoms with E-state index in [1.54, 1.807) is 10.9 Å². The molecule has 8 nitrogen and oxygen atoms in total. The average Bonchev–Trinajstić information content (AvgIpc) is 3.07. The van der Waals surface area contributed by atoms with E-state index in [4.69, 9.17) is 23.2 Å². The molecule has 11 heteroatoms. The molecule has 26 heavy (non-hydrogen) atoms. The molecule has 0 saturated carbocycles. The standard InChI is InChI=1S/C15H13Cl2N5O3S/c1-2-21-9-10(7-18-21)20-26(24,25)12-5-3-11(4-6-12)22-15(23)14(17)13(16)8-19-22/h3-9,20H,2H2,1H3. The topological polar surface area (TPSA) is 98.9 Å². The van der Waals surface area contributed by atoms with Crippen molar-refractivity contribution >= 4 is 38.9 Å². The Hall–Kier alpha value is -2.36. The van der Waals surface area contributed by atoms with Crippen LogP contribution in [0, 0.1) is 0 Å². The van der Waals surface area contributed by atoms with Gasteiger partial charge in [0.25, 0.3) is 15.6 Å². The lowest BCUT2D eigenvalue weighted by Crippen LogP contribution is -2.21. The van der Waals surface area contributed by atoms with Crippen molar-refractivity contribution < 1.29 is 8.42 Å². The molecule has 3 aromatic rings. The maximum atomic E-state index is 12.4. The van der Waals surface area contributed by atoms with Crippen LogP contribution < -0.4 is 10.3 Å². The summed E-state index contributed by atoms with van der Waals surface area (Å²) in [5, 5.41) is 7.79. The minimum atomic E-state index is -3.79. The third kappa shape index (κ3) is 3.59. The lowest BCUT2D eigenvalue weighted by atomic mass is 10.3. The van der Waals surface area contributed by atoms with E-state index in [-0.39, 0.29) is 14.9 Å². The molecule has 0 bridgehead atoms. The normalized spacial score (nSPS) is 11.5. The molecule has 0 aliphatic carbocycles. The quantitative estimate of drug-likeness (QED) is 0.692. The molecule has 2 heterocycles. The number of hydrogen-bond acceptors (Lipinski definition) is 5. The van der Waals surface area contributed by atoms with Gasteiger partial charge in [0.1, 0.15) is 5.02 Å². The molecular weight excluding hydrogens is 401 g/mol. The van der Waals surface area contributed by atoms with Crippen LogP contribution in [0.2, 0.25) is 10.0 Å². The summed E-state index contributed by atoms with van der Waals surface area (Å²) in [5.74, 6) is 0. The molecule has 0 saturated heterocycles. The largest absolute Gasteiger partial charge is 0.291 e. The maximum Gasteiger partial charge on any atom is 0.291 e. The molecule has 0 atom stereocenters. The summed E-state index contributed by atoms with van der Waals surface area (Å²) < 4.78 is 30.0. The van der Waals surface area contributed by atoms with Crippen LogP contribution in [0.4, 0.5) is 5.69 Å². The van der Waals surface area contributed by atoms with E-state index in [0.717, 1.165) is 4.68 Å². The van der Waals surface area contributed by atoms with Gasteiger partial charge in [0.2, 0.25) is 0 Å². The molecular formula is C15H13Cl2N5O3S. The second-order valence-electron chi connectivity index (χ2n) is 5.21. The highest BCUT2D eigenvalue weighted by Gasteiger charge is 2.16. The van der Waals surface area contributed by atoms with Gasteiger partial charge in [0, 0.05) is 12.7 Å². The van der Waals surface area contributed by atoms with Crippen LogP contribution in [0.25, 0.3) is 5.69 Å². The molecule has 0 fully saturated rings. The number of nitrogens with zero attached hydrogens (tertiary/aromatic N) is 4. The highest BCUT2D eigenvalue weighted by molar-refractivity contribution is 7.92. The molecule has 0 unspecified atom stereocenters. The van der Waals surface area contributed by atoms with Crippen molar-refractivity contribution in [3.63, 3.8) is 0 Å². The van der Waals surface area contributed by atoms with E-state index < -0.39 is 15.6 Å². The van der Waals surface area contributed by atoms with Gasteiger partial charge in [-0.3, -0.25) is 14.2 Å². The van der Waals surface area contributed by atoms with Gasteiger partial charge in [-0.2, -0.15) is 14.9 Å². The third-order valence-electron chi connectivity index (χ3n) is 3.48. The van der Waals surface area contributed by atoms with Crippen LogP contribution >= 0.6 is 23.2 Å². The average molecular weight is 414 g/mol. The summed E-state index contributed by atoms with van der Waals surface area (Å²) in [4.78, 5) is 12.1. The molecule has 1 aromatic carbocycles. The van der Waals surface area contributed by atoms with Gasteiger partial charge < -0.3 is 0 Å². The zero-order chi connectivity index (χ0) is 18.9. The molecule has 0 aliphatic rings. The Morgan fingerprint density at radius 3 is 2.42 bits per heavy atom. The monoisotopic (exact) mass is 413 g/mol. The zero-order valence-corrected chi connectivity index (χ0v) is 15.8. The fourth-order valence-electron chi connectivity index (χ4n) is 2.17. The summed E-state index contributed by atoms with van der Waals surface area (Å²) in [6.07, 6.45) is 4.25. The van der Waals surface area contributed by atoms with Gasteiger partial charge in [-0.15, -0.1) is 0 Å². The molecule has 2 aromatic heterocycles. The Morgan fingerprint density at radius 1 is 1.12 bits per heavy atom. The molecule has 0 aliphatic heterocycles. The SMILES string of the molecule is CCn1cc(NS(=O)(=O)c2ccc(-n3ncc(Cl)c(Cl)c3=O)cc2)cn1. The fourth-order valence-corrected chi connectivity index (χ4v) is 3.45. The van der Waals surface area contributed by atoms with Crippen molar-refractivity contribution in [1.82, 2.24) is 19.6 Å². The van der Waals surface area contributed by atoms with E-state index >= 15 is 0 Å². The van der Waals surface area contributed by atoms with Gasteiger partial charge in [-0.1, -0.05) is 23.2 Å². The van der Waals surface area contributed by atoms with E-state index in [2.05, 4.69) is 14.9 Å². The maximum absolute atomic E-state index is 12.4. The Bertz CT molecular complexity index is 1110. The van der Waals surface area contributed by atoms with Crippen molar-refractivity contribution in [2.24, 2.45) is 0 Å². The van der Waals surface area contributed by atoms with Crippen LogP contribution in [0.3, 0.4) is 0 Å². The number of anilines is 1. The van der Waals surface area contributed by atoms with Crippen molar-refractivity contribution in [3.05, 3.63) is 63.3 Å². The van der Waals surface area contributed by atoms with Crippen LogP contribution in [0.1, 0.15) is 6.92 Å². The number of hydrogen-bond donors (Lipinski definition) is 1. The first kappa shape index (κ1) is 18.4. The zero-order valence-electron chi connectivity index (χ0n) is 13.4. The minimum Gasteiger partial charge on any atom is -0.276 e. The summed E-state index contributed by atoms with van der Waals surface area (Å²) in [6, 6.07) is 5.61. The van der Waals surface area contributed by atoms with Crippen LogP contribution in [-0.4, -0.2) is 28.0 Å². The summed E-state index contributed by atoms with van der Waals surface area (Å²) in [5.41, 5.74) is 0.115. The highest BCUT2D eigenvalue weighted by Crippen LogP contribution is 2.19. The lowest BCUT2D eigenvalue weighted by molar-refractivity contribution is 0.601. The number of aryl methyl sites for hydroxylation is 1. The molecule has 0 radical (unpaired) electrons. The van der Waals surface area contributed by atoms with E-state index in [9.17, 15) is 13.2 Å². The van der Waals surface area contributed by atoms with Crippen molar-refractivity contribution in [2.45, 2.75) is 18.4 Å². The highest BCUT2D eigenvalue weighted by atomic mass is 35.5. The van der Waals surface area contributed by atoms with Gasteiger partial charge in [-0.05, 0) is 31.2 Å². The Labute approximate surface area is 159 Å². The summed E-state index contributed by atoms with van der Waals surface area (Å²) >= 11 is 11.6. The molecule has 136 valence electrons. The fraction of sp³-hybridized carbons (Fsp3) is 0.133. The molecule has 3 rings (SSSR count). The second kappa shape index (κ2) is 7.10. The minimum absolute atomic E-state index is 0.0265. The first-order valence-corrected chi connectivity index (χ1v) is 9.65. The van der Waals surface area contributed by atoms with Crippen LogP contribution in [0.15, 0.2) is 52.5 Å². The second-order valence-corrected chi connectivity index (χ2v) is 7.68. The Morgan fingerprint density at radius 2 is 1.81 bits per heavy atom. The summed E-state index contributed by atoms with van der Waals surface area (Å²) in [7, 11) is -3.79. The number of sulfonamides is 1. The van der Waals surface area contributed by atoms with Gasteiger partial charge >= 0.3 is 0 Å². The molecule has 1 N–H and O–H groups in total. The lowest BCUT2D eigenvalue weighted by Gasteiger charge is -2.08. The van der Waals surface area contributed by atoms with Gasteiger partial charge in [-0.25, -0.2) is 8.42 Å². The number of nitrogens with one attached hydrogen (secondary N) is 1. The first-order valence-electron chi connectivity index (χ1n) is 7.41. The van der Waals surface area contributed by atoms with Crippen molar-refractivity contribution in [2.75, 3.05) is 4.72 Å². The van der Waals surface area contributed by atoms with Gasteiger partial charge in [0.05, 0.1) is 33.7 Å². The van der Waals surface area contributed by atoms with Crippen molar-refractivity contribution in [1.29, 1.82) is 0 Å². The van der Waals surface area contributed by atoms with Crippen LogP contribution in [-0.2, 0) is 16.6 Å². The number of rotatable bonds is 5. The Kier molecular flexibility index (Phi) is 5.03. The van der Waals surface area contributed by atoms with Gasteiger partial charge in [0.15, 0.2) is 0 Å². The predicted octanol–water partition coefficient (Wildman–Crippen LogP) is 2.56. The molecule has 0 spiro atoms. The number of aromatic nitrogens is 4. The van der Waals surface area contributed by atoms with E-state index in [1.165, 1.54) is 36.7 Å². The smallest absolute Gasteiger partial charge is 0.276 e. The summed E-state index contributed by atoms with van der Waals surface area (Å²) in [6.45, 7) is 2.52. The Balaban J connectivity index is 1.89. The molecule has 0 amide bonds. The predicted molar refractivity (Wildman–Crippen MR) is 98.6 cm³/mol. The van der Waals surface area contributed by atoms with Crippen LogP contribution in [0.5, 0.6) is 0 Å². The number of benzene rings is 1. The van der Waals surface area contributed by atoms with E-state index in [0.29, 0.717) is 17.9 Å².